The fraction of sp³-hybridized carbons (Fsp3) is 0.533. The van der Waals surface area contributed by atoms with Crippen molar-refractivity contribution in [2.75, 3.05) is 13.1 Å². The number of carbonyl (C=O) groups is 1. The van der Waals surface area contributed by atoms with E-state index in [-0.39, 0.29) is 18.5 Å². The number of carboxylic acid groups (broad SMARTS) is 1. The predicted molar refractivity (Wildman–Crippen MR) is 72.9 cm³/mol. The van der Waals surface area contributed by atoms with Crippen LogP contribution in [0, 0.1) is 5.82 Å². The topological polar surface area (TPSA) is 49.8 Å². The summed E-state index contributed by atoms with van der Waals surface area (Å²) in [4.78, 5) is 12.9. The maximum Gasteiger partial charge on any atom is 0.320 e. The summed E-state index contributed by atoms with van der Waals surface area (Å²) in [6, 6.07) is 6.04. The first kappa shape index (κ1) is 14.9. The minimum absolute atomic E-state index is 0.0369. The van der Waals surface area contributed by atoms with Gasteiger partial charge in [-0.1, -0.05) is 18.2 Å². The third kappa shape index (κ3) is 3.77. The normalized spacial score (nSPS) is 21.6. The van der Waals surface area contributed by atoms with E-state index in [4.69, 9.17) is 9.84 Å². The third-order valence-corrected chi connectivity index (χ3v) is 3.75. The summed E-state index contributed by atoms with van der Waals surface area (Å²) >= 11 is 0. The highest BCUT2D eigenvalue weighted by Gasteiger charge is 2.27. The van der Waals surface area contributed by atoms with Gasteiger partial charge in [0, 0.05) is 12.1 Å². The molecule has 5 heteroatoms. The van der Waals surface area contributed by atoms with E-state index in [0.29, 0.717) is 12.1 Å². The molecule has 1 aromatic carbocycles. The molecule has 0 aliphatic carbocycles. The van der Waals surface area contributed by atoms with Gasteiger partial charge in [0.2, 0.25) is 0 Å². The SMILES string of the molecule is C[C@@H](C(=O)O)N1CCC[C@H](OCc2ccccc2F)C1. The van der Waals surface area contributed by atoms with Gasteiger partial charge in [-0.25, -0.2) is 4.39 Å². The lowest BCUT2D eigenvalue weighted by molar-refractivity contribution is -0.144. The molecular weight excluding hydrogens is 261 g/mol. The number of nitrogens with zero attached hydrogens (tertiary/aromatic N) is 1. The van der Waals surface area contributed by atoms with E-state index < -0.39 is 12.0 Å². The number of hydrogen-bond donors (Lipinski definition) is 1. The zero-order valence-corrected chi connectivity index (χ0v) is 11.6. The fourth-order valence-electron chi connectivity index (χ4n) is 2.43. The van der Waals surface area contributed by atoms with E-state index in [0.717, 1.165) is 19.4 Å². The van der Waals surface area contributed by atoms with E-state index in [1.807, 2.05) is 4.90 Å². The van der Waals surface area contributed by atoms with Crippen molar-refractivity contribution in [1.29, 1.82) is 0 Å². The second kappa shape index (κ2) is 6.81. The molecule has 2 atom stereocenters. The van der Waals surface area contributed by atoms with Gasteiger partial charge in [-0.05, 0) is 32.4 Å². The summed E-state index contributed by atoms with van der Waals surface area (Å²) in [7, 11) is 0. The first-order valence-corrected chi connectivity index (χ1v) is 6.90. The summed E-state index contributed by atoms with van der Waals surface area (Å²) in [5.41, 5.74) is 0.538. The molecule has 1 fully saturated rings. The molecule has 0 aromatic heterocycles. The molecule has 1 saturated heterocycles. The van der Waals surface area contributed by atoms with Crippen LogP contribution in [-0.4, -0.2) is 41.2 Å². The van der Waals surface area contributed by atoms with Crippen LogP contribution in [0.3, 0.4) is 0 Å². The molecule has 4 nitrogen and oxygen atoms in total. The van der Waals surface area contributed by atoms with Gasteiger partial charge in [0.25, 0.3) is 0 Å². The van der Waals surface area contributed by atoms with Crippen molar-refractivity contribution in [1.82, 2.24) is 4.90 Å². The fourth-order valence-corrected chi connectivity index (χ4v) is 2.43. The average molecular weight is 281 g/mol. The van der Waals surface area contributed by atoms with Gasteiger partial charge in [0.05, 0.1) is 12.7 Å². The maximum atomic E-state index is 13.5. The number of carboxylic acids is 1. The highest BCUT2D eigenvalue weighted by molar-refractivity contribution is 5.72. The van der Waals surface area contributed by atoms with E-state index in [9.17, 15) is 9.18 Å². The molecule has 20 heavy (non-hydrogen) atoms. The van der Waals surface area contributed by atoms with Gasteiger partial charge in [0.15, 0.2) is 0 Å². The van der Waals surface area contributed by atoms with Gasteiger partial charge in [-0.3, -0.25) is 9.69 Å². The summed E-state index contributed by atoms with van der Waals surface area (Å²) in [6.45, 7) is 3.27. The molecule has 1 N–H and O–H groups in total. The number of halogens is 1. The number of rotatable bonds is 5. The summed E-state index contributed by atoms with van der Waals surface area (Å²) in [5.74, 6) is -1.08. The molecule has 0 spiro atoms. The van der Waals surface area contributed by atoms with Crippen molar-refractivity contribution in [3.05, 3.63) is 35.6 Å². The summed E-state index contributed by atoms with van der Waals surface area (Å²) < 4.78 is 19.2. The average Bonchev–Trinajstić information content (AvgIpc) is 2.46. The first-order chi connectivity index (χ1) is 9.58. The Morgan fingerprint density at radius 1 is 1.55 bits per heavy atom. The quantitative estimate of drug-likeness (QED) is 0.899. The summed E-state index contributed by atoms with van der Waals surface area (Å²) in [6.07, 6.45) is 1.75. The van der Waals surface area contributed by atoms with Crippen LogP contribution in [0.1, 0.15) is 25.3 Å². The minimum Gasteiger partial charge on any atom is -0.480 e. The highest BCUT2D eigenvalue weighted by Crippen LogP contribution is 2.18. The van der Waals surface area contributed by atoms with E-state index in [1.165, 1.54) is 6.07 Å². The summed E-state index contributed by atoms with van der Waals surface area (Å²) in [5, 5.41) is 9.03. The number of ether oxygens (including phenoxy) is 1. The number of aliphatic carboxylic acids is 1. The van der Waals surface area contributed by atoms with Crippen LogP contribution in [0.15, 0.2) is 24.3 Å². The molecule has 0 amide bonds. The van der Waals surface area contributed by atoms with Crippen molar-refractivity contribution in [3.63, 3.8) is 0 Å². The molecule has 0 unspecified atom stereocenters. The highest BCUT2D eigenvalue weighted by atomic mass is 19.1. The van der Waals surface area contributed by atoms with Crippen molar-refractivity contribution < 1.29 is 19.0 Å². The standard InChI is InChI=1S/C15H20FNO3/c1-11(15(18)19)17-8-4-6-13(9-17)20-10-12-5-2-3-7-14(12)16/h2-3,5,7,11,13H,4,6,8-10H2,1H3,(H,18,19)/t11-,13-/m0/s1. The van der Waals surface area contributed by atoms with Crippen molar-refractivity contribution in [3.8, 4) is 0 Å². The number of benzene rings is 1. The van der Waals surface area contributed by atoms with Crippen LogP contribution in [-0.2, 0) is 16.1 Å². The van der Waals surface area contributed by atoms with Crippen LogP contribution in [0.25, 0.3) is 0 Å². The minimum atomic E-state index is -0.820. The second-order valence-corrected chi connectivity index (χ2v) is 5.18. The number of likely N-dealkylation sites (tertiary alicyclic amines) is 1. The Bertz CT molecular complexity index is 466. The molecule has 1 heterocycles. The second-order valence-electron chi connectivity index (χ2n) is 5.18. The molecule has 1 aliphatic rings. The van der Waals surface area contributed by atoms with Crippen LogP contribution >= 0.6 is 0 Å². The first-order valence-electron chi connectivity index (χ1n) is 6.90. The predicted octanol–water partition coefficient (Wildman–Crippen LogP) is 2.28. The molecule has 110 valence electrons. The van der Waals surface area contributed by atoms with Gasteiger partial charge < -0.3 is 9.84 Å². The lowest BCUT2D eigenvalue weighted by Crippen LogP contribution is -2.47. The van der Waals surface area contributed by atoms with Crippen molar-refractivity contribution >= 4 is 5.97 Å². The monoisotopic (exact) mass is 281 g/mol. The maximum absolute atomic E-state index is 13.5. The van der Waals surface area contributed by atoms with Gasteiger partial charge in [-0.15, -0.1) is 0 Å². The smallest absolute Gasteiger partial charge is 0.320 e. The van der Waals surface area contributed by atoms with Gasteiger partial charge in [0.1, 0.15) is 11.9 Å². The molecule has 2 rings (SSSR count). The molecule has 1 aromatic rings. The Morgan fingerprint density at radius 2 is 2.30 bits per heavy atom. The van der Waals surface area contributed by atoms with E-state index in [1.54, 1.807) is 25.1 Å². The largest absolute Gasteiger partial charge is 0.480 e. The third-order valence-electron chi connectivity index (χ3n) is 3.75. The van der Waals surface area contributed by atoms with Gasteiger partial charge >= 0.3 is 5.97 Å². The van der Waals surface area contributed by atoms with Crippen LogP contribution in [0.2, 0.25) is 0 Å². The molecule has 0 bridgehead atoms. The Hall–Kier alpha value is -1.46. The van der Waals surface area contributed by atoms with Crippen molar-refractivity contribution in [2.45, 2.75) is 38.5 Å². The molecule has 1 aliphatic heterocycles. The molecule has 0 radical (unpaired) electrons. The molecular formula is C15H20FNO3. The van der Waals surface area contributed by atoms with E-state index >= 15 is 0 Å². The van der Waals surface area contributed by atoms with Crippen molar-refractivity contribution in [2.24, 2.45) is 0 Å². The van der Waals surface area contributed by atoms with Crippen LogP contribution < -0.4 is 0 Å². The zero-order valence-electron chi connectivity index (χ0n) is 11.6. The molecule has 0 saturated carbocycles. The number of hydrogen-bond acceptors (Lipinski definition) is 3. The number of piperidine rings is 1. The Labute approximate surface area is 118 Å². The Kier molecular flexibility index (Phi) is 5.09. The van der Waals surface area contributed by atoms with E-state index in [2.05, 4.69) is 0 Å². The van der Waals surface area contributed by atoms with Gasteiger partial charge in [-0.2, -0.15) is 0 Å². The van der Waals surface area contributed by atoms with Crippen LogP contribution in [0.4, 0.5) is 4.39 Å². The lowest BCUT2D eigenvalue weighted by atomic mass is 10.1. The Balaban J connectivity index is 1.87. The Morgan fingerprint density at radius 3 is 3.00 bits per heavy atom. The zero-order chi connectivity index (χ0) is 14.5. The van der Waals surface area contributed by atoms with Crippen LogP contribution in [0.5, 0.6) is 0 Å². The lowest BCUT2D eigenvalue weighted by Gasteiger charge is -2.34.